The first-order valence-corrected chi connectivity index (χ1v) is 5.86. The first-order chi connectivity index (χ1) is 7.69. The molecular formula is C16H16. The zero-order valence-electron chi connectivity index (χ0n) is 9.83. The van der Waals surface area contributed by atoms with Crippen LogP contribution in [0.1, 0.15) is 36.1 Å². The van der Waals surface area contributed by atoms with Gasteiger partial charge < -0.3 is 0 Å². The lowest BCUT2D eigenvalue weighted by molar-refractivity contribution is 0.610. The summed E-state index contributed by atoms with van der Waals surface area (Å²) in [6, 6.07) is 17.6. The summed E-state index contributed by atoms with van der Waals surface area (Å²) in [4.78, 5) is 0. The monoisotopic (exact) mass is 208 g/mol. The van der Waals surface area contributed by atoms with Gasteiger partial charge in [0.2, 0.25) is 0 Å². The highest BCUT2D eigenvalue weighted by atomic mass is 14.3. The Hall–Kier alpha value is -1.56. The van der Waals surface area contributed by atoms with E-state index in [1.165, 1.54) is 22.3 Å². The number of hydrogen-bond donors (Lipinski definition) is 0. The normalized spacial score (nSPS) is 16.4. The molecule has 0 atom stereocenters. The number of hydrogen-bond acceptors (Lipinski definition) is 0. The van der Waals surface area contributed by atoms with Crippen LogP contribution in [0, 0.1) is 0 Å². The molecule has 16 heavy (non-hydrogen) atoms. The van der Waals surface area contributed by atoms with Crippen molar-refractivity contribution in [3.05, 3.63) is 70.8 Å². The predicted molar refractivity (Wildman–Crippen MR) is 67.8 cm³/mol. The fourth-order valence-corrected chi connectivity index (χ4v) is 2.92. The SMILES string of the molecule is CC1(C)c2ccccc2Cc2ccccc21. The molecule has 2 aromatic rings. The number of benzene rings is 2. The summed E-state index contributed by atoms with van der Waals surface area (Å²) in [7, 11) is 0. The Kier molecular flexibility index (Phi) is 1.94. The van der Waals surface area contributed by atoms with Gasteiger partial charge in [0.1, 0.15) is 0 Å². The van der Waals surface area contributed by atoms with Gasteiger partial charge >= 0.3 is 0 Å². The minimum absolute atomic E-state index is 0.144. The van der Waals surface area contributed by atoms with Gasteiger partial charge in [-0.15, -0.1) is 0 Å². The molecule has 0 heteroatoms. The first-order valence-electron chi connectivity index (χ1n) is 5.86. The summed E-state index contributed by atoms with van der Waals surface area (Å²) in [6.45, 7) is 4.65. The number of rotatable bonds is 0. The second-order valence-corrected chi connectivity index (χ2v) is 5.12. The molecule has 0 unspecified atom stereocenters. The van der Waals surface area contributed by atoms with Gasteiger partial charge in [0, 0.05) is 5.41 Å². The summed E-state index contributed by atoms with van der Waals surface area (Å²) in [6.07, 6.45) is 1.08. The molecule has 0 saturated heterocycles. The van der Waals surface area contributed by atoms with Gasteiger partial charge in [-0.3, -0.25) is 0 Å². The zero-order chi connectivity index (χ0) is 11.2. The molecule has 2 aromatic carbocycles. The quantitative estimate of drug-likeness (QED) is 0.615. The second-order valence-electron chi connectivity index (χ2n) is 5.12. The van der Waals surface area contributed by atoms with Gasteiger partial charge in [0.15, 0.2) is 0 Å². The van der Waals surface area contributed by atoms with Gasteiger partial charge in [-0.25, -0.2) is 0 Å². The molecule has 0 aliphatic heterocycles. The molecule has 0 nitrogen and oxygen atoms in total. The van der Waals surface area contributed by atoms with Crippen LogP contribution in [-0.4, -0.2) is 0 Å². The smallest absolute Gasteiger partial charge is 0.0152 e. The summed E-state index contributed by atoms with van der Waals surface area (Å²) in [5.74, 6) is 0. The molecule has 3 rings (SSSR count). The molecule has 0 saturated carbocycles. The van der Waals surface area contributed by atoms with Gasteiger partial charge in [-0.1, -0.05) is 62.4 Å². The van der Waals surface area contributed by atoms with E-state index < -0.39 is 0 Å². The summed E-state index contributed by atoms with van der Waals surface area (Å²) >= 11 is 0. The van der Waals surface area contributed by atoms with E-state index in [4.69, 9.17) is 0 Å². The Morgan fingerprint density at radius 1 is 0.750 bits per heavy atom. The van der Waals surface area contributed by atoms with E-state index in [0.717, 1.165) is 6.42 Å². The maximum Gasteiger partial charge on any atom is 0.0152 e. The molecule has 0 N–H and O–H groups in total. The minimum Gasteiger partial charge on any atom is -0.0620 e. The van der Waals surface area contributed by atoms with Crippen molar-refractivity contribution in [1.82, 2.24) is 0 Å². The largest absolute Gasteiger partial charge is 0.0620 e. The van der Waals surface area contributed by atoms with Crippen molar-refractivity contribution in [2.45, 2.75) is 25.7 Å². The third-order valence-electron chi connectivity index (χ3n) is 3.76. The highest BCUT2D eigenvalue weighted by Gasteiger charge is 2.31. The molecule has 0 fully saturated rings. The van der Waals surface area contributed by atoms with Gasteiger partial charge in [-0.05, 0) is 28.7 Å². The summed E-state index contributed by atoms with van der Waals surface area (Å²) < 4.78 is 0. The van der Waals surface area contributed by atoms with E-state index in [-0.39, 0.29) is 5.41 Å². The van der Waals surface area contributed by atoms with Crippen LogP contribution in [0.4, 0.5) is 0 Å². The van der Waals surface area contributed by atoms with E-state index in [1.807, 2.05) is 0 Å². The zero-order valence-corrected chi connectivity index (χ0v) is 9.83. The van der Waals surface area contributed by atoms with E-state index in [2.05, 4.69) is 62.4 Å². The predicted octanol–water partition coefficient (Wildman–Crippen LogP) is 3.92. The average molecular weight is 208 g/mol. The molecule has 1 aliphatic carbocycles. The highest BCUT2D eigenvalue weighted by Crippen LogP contribution is 2.40. The maximum absolute atomic E-state index is 2.32. The molecule has 0 bridgehead atoms. The van der Waals surface area contributed by atoms with Crippen molar-refractivity contribution in [2.24, 2.45) is 0 Å². The Bertz CT molecular complexity index is 488. The fourth-order valence-electron chi connectivity index (χ4n) is 2.92. The third kappa shape index (κ3) is 1.23. The maximum atomic E-state index is 2.32. The summed E-state index contributed by atoms with van der Waals surface area (Å²) in [5, 5.41) is 0. The van der Waals surface area contributed by atoms with Crippen LogP contribution in [0.25, 0.3) is 0 Å². The molecule has 0 radical (unpaired) electrons. The van der Waals surface area contributed by atoms with Crippen molar-refractivity contribution in [3.8, 4) is 0 Å². The van der Waals surface area contributed by atoms with Crippen LogP contribution in [0.2, 0.25) is 0 Å². The summed E-state index contributed by atoms with van der Waals surface area (Å²) in [5.41, 5.74) is 6.06. The topological polar surface area (TPSA) is 0 Å². The van der Waals surface area contributed by atoms with Crippen molar-refractivity contribution >= 4 is 0 Å². The van der Waals surface area contributed by atoms with Gasteiger partial charge in [-0.2, -0.15) is 0 Å². The van der Waals surface area contributed by atoms with Crippen molar-refractivity contribution in [3.63, 3.8) is 0 Å². The van der Waals surface area contributed by atoms with E-state index >= 15 is 0 Å². The lowest BCUT2D eigenvalue weighted by Gasteiger charge is -2.35. The molecule has 0 spiro atoms. The molecule has 0 aromatic heterocycles. The average Bonchev–Trinajstić information content (AvgIpc) is 2.29. The number of fused-ring (bicyclic) bond motifs is 2. The van der Waals surface area contributed by atoms with Crippen LogP contribution < -0.4 is 0 Å². The molecular weight excluding hydrogens is 192 g/mol. The first kappa shape index (κ1) is 9.65. The van der Waals surface area contributed by atoms with E-state index in [1.54, 1.807) is 0 Å². The molecule has 80 valence electrons. The molecule has 0 heterocycles. The van der Waals surface area contributed by atoms with Crippen LogP contribution >= 0.6 is 0 Å². The van der Waals surface area contributed by atoms with E-state index in [0.29, 0.717) is 0 Å². The molecule has 0 amide bonds. The Morgan fingerprint density at radius 3 is 1.69 bits per heavy atom. The van der Waals surface area contributed by atoms with Crippen LogP contribution in [0.3, 0.4) is 0 Å². The van der Waals surface area contributed by atoms with E-state index in [9.17, 15) is 0 Å². The minimum atomic E-state index is 0.144. The fraction of sp³-hybridized carbons (Fsp3) is 0.250. The van der Waals surface area contributed by atoms with Gasteiger partial charge in [0.05, 0.1) is 0 Å². The Balaban J connectivity index is 2.28. The second kappa shape index (κ2) is 3.21. The standard InChI is InChI=1S/C16H16/c1-16(2)14-9-5-3-7-12(14)11-13-8-4-6-10-15(13)16/h3-10H,11H2,1-2H3. The Morgan fingerprint density at radius 2 is 1.19 bits per heavy atom. The molecule has 1 aliphatic rings. The third-order valence-corrected chi connectivity index (χ3v) is 3.76. The lowest BCUT2D eigenvalue weighted by atomic mass is 9.69. The van der Waals surface area contributed by atoms with Crippen LogP contribution in [0.5, 0.6) is 0 Å². The van der Waals surface area contributed by atoms with Crippen molar-refractivity contribution < 1.29 is 0 Å². The lowest BCUT2D eigenvalue weighted by Crippen LogP contribution is -2.26. The highest BCUT2D eigenvalue weighted by molar-refractivity contribution is 5.52. The van der Waals surface area contributed by atoms with Crippen LogP contribution in [-0.2, 0) is 11.8 Å². The van der Waals surface area contributed by atoms with Crippen LogP contribution in [0.15, 0.2) is 48.5 Å². The van der Waals surface area contributed by atoms with Crippen molar-refractivity contribution in [2.75, 3.05) is 0 Å². The van der Waals surface area contributed by atoms with Crippen molar-refractivity contribution in [1.29, 1.82) is 0 Å². The Labute approximate surface area is 96.9 Å². The van der Waals surface area contributed by atoms with Gasteiger partial charge in [0.25, 0.3) is 0 Å².